The standard InChI is InChI=1S/C19H24ClN3O4S/c1-13(2)27-18-10-7-15(11-17(18)20)22-19(24)21-12-14-5-8-16(9-6-14)28(25,26)23(3)4/h5-11,13H,12H2,1-4H3,(H2,21,22,24). The molecular weight excluding hydrogens is 402 g/mol. The number of sulfonamides is 1. The lowest BCUT2D eigenvalue weighted by Gasteiger charge is -2.13. The van der Waals surface area contributed by atoms with Crippen molar-refractivity contribution >= 4 is 33.3 Å². The SMILES string of the molecule is CC(C)Oc1ccc(NC(=O)NCc2ccc(S(=O)(=O)N(C)C)cc2)cc1Cl. The molecule has 2 aromatic rings. The molecule has 0 aliphatic heterocycles. The normalized spacial score (nSPS) is 11.5. The average molecular weight is 426 g/mol. The molecule has 0 aliphatic carbocycles. The van der Waals surface area contributed by atoms with E-state index in [4.69, 9.17) is 16.3 Å². The molecule has 0 atom stereocenters. The van der Waals surface area contributed by atoms with Crippen LogP contribution in [-0.4, -0.2) is 39.0 Å². The number of carbonyl (C=O) groups is 1. The van der Waals surface area contributed by atoms with Crippen molar-refractivity contribution in [2.24, 2.45) is 0 Å². The van der Waals surface area contributed by atoms with Crippen LogP contribution in [0.5, 0.6) is 5.75 Å². The van der Waals surface area contributed by atoms with E-state index in [1.807, 2.05) is 13.8 Å². The second kappa shape index (κ2) is 9.27. The molecule has 0 radical (unpaired) electrons. The number of nitrogens with one attached hydrogen (secondary N) is 2. The van der Waals surface area contributed by atoms with Crippen molar-refractivity contribution in [1.29, 1.82) is 0 Å². The van der Waals surface area contributed by atoms with Crippen molar-refractivity contribution in [3.8, 4) is 5.75 Å². The average Bonchev–Trinajstić information content (AvgIpc) is 2.62. The highest BCUT2D eigenvalue weighted by atomic mass is 35.5. The number of hydrogen-bond donors (Lipinski definition) is 2. The van der Waals surface area contributed by atoms with Crippen molar-refractivity contribution in [3.63, 3.8) is 0 Å². The minimum absolute atomic E-state index is 0.00120. The van der Waals surface area contributed by atoms with Gasteiger partial charge in [0.25, 0.3) is 0 Å². The van der Waals surface area contributed by atoms with E-state index in [0.717, 1.165) is 9.87 Å². The largest absolute Gasteiger partial charge is 0.489 e. The molecule has 0 unspecified atom stereocenters. The van der Waals surface area contributed by atoms with Gasteiger partial charge in [-0.3, -0.25) is 0 Å². The van der Waals surface area contributed by atoms with Gasteiger partial charge in [0, 0.05) is 26.3 Å². The van der Waals surface area contributed by atoms with Crippen molar-refractivity contribution in [2.75, 3.05) is 19.4 Å². The molecule has 0 spiro atoms. The van der Waals surface area contributed by atoms with E-state index in [2.05, 4.69) is 10.6 Å². The van der Waals surface area contributed by atoms with Gasteiger partial charge >= 0.3 is 6.03 Å². The molecule has 0 aromatic heterocycles. The van der Waals surface area contributed by atoms with Gasteiger partial charge in [0.15, 0.2) is 0 Å². The number of hydrogen-bond acceptors (Lipinski definition) is 4. The third-order valence-corrected chi connectivity index (χ3v) is 5.83. The molecule has 152 valence electrons. The molecule has 0 heterocycles. The third-order valence-electron chi connectivity index (χ3n) is 3.71. The predicted molar refractivity (Wildman–Crippen MR) is 110 cm³/mol. The summed E-state index contributed by atoms with van der Waals surface area (Å²) in [5.74, 6) is 0.551. The maximum atomic E-state index is 12.1. The first-order chi connectivity index (χ1) is 13.1. The van der Waals surface area contributed by atoms with E-state index in [9.17, 15) is 13.2 Å². The van der Waals surface area contributed by atoms with Crippen LogP contribution in [0.3, 0.4) is 0 Å². The summed E-state index contributed by atoms with van der Waals surface area (Å²) in [4.78, 5) is 12.3. The molecule has 2 aromatic carbocycles. The van der Waals surface area contributed by atoms with Gasteiger partial charge in [-0.2, -0.15) is 0 Å². The summed E-state index contributed by atoms with van der Waals surface area (Å²) in [7, 11) is -0.520. The minimum Gasteiger partial charge on any atom is -0.489 e. The van der Waals surface area contributed by atoms with E-state index in [1.165, 1.54) is 26.2 Å². The van der Waals surface area contributed by atoms with Gasteiger partial charge in [0.05, 0.1) is 16.0 Å². The quantitative estimate of drug-likeness (QED) is 0.708. The highest BCUT2D eigenvalue weighted by Gasteiger charge is 2.16. The van der Waals surface area contributed by atoms with Gasteiger partial charge in [-0.05, 0) is 49.7 Å². The lowest BCUT2D eigenvalue weighted by molar-refractivity contribution is 0.242. The zero-order chi connectivity index (χ0) is 20.9. The van der Waals surface area contributed by atoms with Crippen LogP contribution in [0.4, 0.5) is 10.5 Å². The van der Waals surface area contributed by atoms with Crippen LogP contribution in [0.15, 0.2) is 47.4 Å². The smallest absolute Gasteiger partial charge is 0.319 e. The Kier molecular flexibility index (Phi) is 7.29. The van der Waals surface area contributed by atoms with Crippen LogP contribution in [0.1, 0.15) is 19.4 Å². The van der Waals surface area contributed by atoms with Crippen LogP contribution in [0, 0.1) is 0 Å². The number of carbonyl (C=O) groups excluding carboxylic acids is 1. The molecule has 0 saturated heterocycles. The predicted octanol–water partition coefficient (Wildman–Crippen LogP) is 3.70. The Labute approximate surface area is 170 Å². The van der Waals surface area contributed by atoms with Crippen molar-refractivity contribution in [1.82, 2.24) is 9.62 Å². The van der Waals surface area contributed by atoms with Crippen LogP contribution < -0.4 is 15.4 Å². The maximum Gasteiger partial charge on any atom is 0.319 e. The van der Waals surface area contributed by atoms with Gasteiger partial charge in [0.1, 0.15) is 5.75 Å². The molecule has 28 heavy (non-hydrogen) atoms. The van der Waals surface area contributed by atoms with E-state index < -0.39 is 16.1 Å². The summed E-state index contributed by atoms with van der Waals surface area (Å²) >= 11 is 6.15. The zero-order valence-electron chi connectivity index (χ0n) is 16.2. The summed E-state index contributed by atoms with van der Waals surface area (Å²) < 4.78 is 30.8. The second-order valence-corrected chi connectivity index (χ2v) is 9.11. The Morgan fingerprint density at radius 3 is 2.32 bits per heavy atom. The molecule has 2 N–H and O–H groups in total. The Balaban J connectivity index is 1.93. The number of nitrogens with zero attached hydrogens (tertiary/aromatic N) is 1. The van der Waals surface area contributed by atoms with E-state index in [1.54, 1.807) is 30.3 Å². The molecule has 2 rings (SSSR count). The Morgan fingerprint density at radius 2 is 1.79 bits per heavy atom. The van der Waals surface area contributed by atoms with E-state index in [-0.39, 0.29) is 17.5 Å². The fraction of sp³-hybridized carbons (Fsp3) is 0.316. The van der Waals surface area contributed by atoms with Crippen LogP contribution in [0.25, 0.3) is 0 Å². The maximum absolute atomic E-state index is 12.1. The van der Waals surface area contributed by atoms with E-state index >= 15 is 0 Å². The first-order valence-electron chi connectivity index (χ1n) is 8.62. The first-order valence-corrected chi connectivity index (χ1v) is 10.4. The fourth-order valence-electron chi connectivity index (χ4n) is 2.28. The van der Waals surface area contributed by atoms with Gasteiger partial charge in [0.2, 0.25) is 10.0 Å². The fourth-order valence-corrected chi connectivity index (χ4v) is 3.40. The van der Waals surface area contributed by atoms with Crippen LogP contribution in [0.2, 0.25) is 5.02 Å². The number of urea groups is 1. The number of amides is 2. The molecule has 0 aliphatic rings. The van der Waals surface area contributed by atoms with Gasteiger partial charge < -0.3 is 15.4 Å². The molecule has 0 fully saturated rings. The number of anilines is 1. The molecule has 2 amide bonds. The monoisotopic (exact) mass is 425 g/mol. The van der Waals surface area contributed by atoms with Crippen LogP contribution >= 0.6 is 11.6 Å². The van der Waals surface area contributed by atoms with Crippen molar-refractivity contribution < 1.29 is 17.9 Å². The lowest BCUT2D eigenvalue weighted by Crippen LogP contribution is -2.28. The number of benzene rings is 2. The Morgan fingerprint density at radius 1 is 1.14 bits per heavy atom. The molecular formula is C19H24ClN3O4S. The van der Waals surface area contributed by atoms with Crippen molar-refractivity contribution in [2.45, 2.75) is 31.4 Å². The highest BCUT2D eigenvalue weighted by Crippen LogP contribution is 2.28. The number of ether oxygens (including phenoxy) is 1. The Bertz CT molecular complexity index is 929. The minimum atomic E-state index is -3.47. The topological polar surface area (TPSA) is 87.7 Å². The zero-order valence-corrected chi connectivity index (χ0v) is 17.8. The second-order valence-electron chi connectivity index (χ2n) is 6.55. The van der Waals surface area contributed by atoms with Gasteiger partial charge in [-0.25, -0.2) is 17.5 Å². The highest BCUT2D eigenvalue weighted by molar-refractivity contribution is 7.89. The number of halogens is 1. The summed E-state index contributed by atoms with van der Waals surface area (Å²) in [6.07, 6.45) is -0.00120. The summed E-state index contributed by atoms with van der Waals surface area (Å²) in [6, 6.07) is 10.9. The Hall–Kier alpha value is -2.29. The van der Waals surface area contributed by atoms with Crippen LogP contribution in [-0.2, 0) is 16.6 Å². The molecule has 0 saturated carbocycles. The van der Waals surface area contributed by atoms with Gasteiger partial charge in [-0.1, -0.05) is 23.7 Å². The van der Waals surface area contributed by atoms with Crippen molar-refractivity contribution in [3.05, 3.63) is 53.1 Å². The molecule has 7 nitrogen and oxygen atoms in total. The molecule has 9 heteroatoms. The summed E-state index contributed by atoms with van der Waals surface area (Å²) in [5, 5.41) is 5.81. The molecule has 0 bridgehead atoms. The summed E-state index contributed by atoms with van der Waals surface area (Å²) in [6.45, 7) is 4.05. The number of rotatable bonds is 7. The summed E-state index contributed by atoms with van der Waals surface area (Å²) in [5.41, 5.74) is 1.30. The third kappa shape index (κ3) is 5.85. The lowest BCUT2D eigenvalue weighted by atomic mass is 10.2. The first kappa shape index (κ1) is 22.0. The van der Waals surface area contributed by atoms with E-state index in [0.29, 0.717) is 16.5 Å². The van der Waals surface area contributed by atoms with Gasteiger partial charge in [-0.15, -0.1) is 0 Å².